The van der Waals surface area contributed by atoms with E-state index in [1.807, 2.05) is 0 Å². The van der Waals surface area contributed by atoms with Crippen LogP contribution in [0.3, 0.4) is 0 Å². The molecule has 22 heavy (non-hydrogen) atoms. The van der Waals surface area contributed by atoms with Gasteiger partial charge in [0.25, 0.3) is 0 Å². The Balaban J connectivity index is 0.00000242. The average Bonchev–Trinajstić information content (AvgIpc) is 2.47. The average molecular weight is 333 g/mol. The molecule has 6 heteroatoms. The van der Waals surface area contributed by atoms with Crippen LogP contribution in [0.15, 0.2) is 18.2 Å². The van der Waals surface area contributed by atoms with Gasteiger partial charge in [0.15, 0.2) is 0 Å². The van der Waals surface area contributed by atoms with Crippen molar-refractivity contribution in [2.24, 2.45) is 11.7 Å². The van der Waals surface area contributed by atoms with Crippen LogP contribution in [0.4, 0.5) is 8.78 Å². The van der Waals surface area contributed by atoms with E-state index in [1.165, 1.54) is 0 Å². The van der Waals surface area contributed by atoms with E-state index in [-0.39, 0.29) is 42.8 Å². The number of carbonyl (C=O) groups excluding carboxylic acids is 1. The molecule has 2 unspecified atom stereocenters. The number of carbonyl (C=O) groups is 1. The Morgan fingerprint density at radius 1 is 1.41 bits per heavy atom. The lowest BCUT2D eigenvalue weighted by Crippen LogP contribution is -2.49. The Kier molecular flexibility index (Phi) is 7.23. The highest BCUT2D eigenvalue weighted by Gasteiger charge is 2.28. The van der Waals surface area contributed by atoms with Crippen LogP contribution in [0, 0.1) is 17.6 Å². The lowest BCUT2D eigenvalue weighted by Gasteiger charge is -2.38. The van der Waals surface area contributed by atoms with Gasteiger partial charge in [-0.1, -0.05) is 6.92 Å². The third-order valence-corrected chi connectivity index (χ3v) is 4.19. The second kappa shape index (κ2) is 8.44. The number of amides is 1. The topological polar surface area (TPSA) is 46.3 Å². The summed E-state index contributed by atoms with van der Waals surface area (Å²) in [7, 11) is 0. The number of rotatable bonds is 4. The summed E-state index contributed by atoms with van der Waals surface area (Å²) in [5, 5.41) is 0. The fourth-order valence-electron chi connectivity index (χ4n) is 2.92. The molecule has 2 N–H and O–H groups in total. The Labute approximate surface area is 136 Å². The third kappa shape index (κ3) is 4.65. The van der Waals surface area contributed by atoms with Gasteiger partial charge < -0.3 is 10.6 Å². The first kappa shape index (κ1) is 18.8. The molecule has 0 aliphatic carbocycles. The Morgan fingerprint density at radius 2 is 2.14 bits per heavy atom. The second-order valence-corrected chi connectivity index (χ2v) is 5.84. The molecule has 1 aromatic rings. The maximum atomic E-state index is 13.5. The van der Waals surface area contributed by atoms with Crippen molar-refractivity contribution in [2.75, 3.05) is 13.1 Å². The standard InChI is InChI=1S/C16H22F2N2O.ClH/c1-11-6-7-20(14(8-11)10-19)16(21)5-2-12-9-13(17)3-4-15(12)18;/h3-4,9,11,14H,2,5-8,10,19H2,1H3;1H. The Morgan fingerprint density at radius 3 is 2.82 bits per heavy atom. The highest BCUT2D eigenvalue weighted by atomic mass is 35.5. The summed E-state index contributed by atoms with van der Waals surface area (Å²) >= 11 is 0. The largest absolute Gasteiger partial charge is 0.338 e. The van der Waals surface area contributed by atoms with E-state index >= 15 is 0 Å². The van der Waals surface area contributed by atoms with Gasteiger partial charge in [0, 0.05) is 25.6 Å². The molecular formula is C16H23ClF2N2O. The number of hydrogen-bond acceptors (Lipinski definition) is 2. The van der Waals surface area contributed by atoms with E-state index in [2.05, 4.69) is 6.92 Å². The fourth-order valence-corrected chi connectivity index (χ4v) is 2.92. The van der Waals surface area contributed by atoms with Crippen LogP contribution in [0.2, 0.25) is 0 Å². The lowest BCUT2D eigenvalue weighted by atomic mass is 9.92. The molecule has 1 heterocycles. The van der Waals surface area contributed by atoms with Gasteiger partial charge in [-0.15, -0.1) is 12.4 Å². The SMILES string of the molecule is CC1CCN(C(=O)CCc2cc(F)ccc2F)C(CN)C1.Cl. The number of likely N-dealkylation sites (tertiary alicyclic amines) is 1. The van der Waals surface area contributed by atoms with Crippen molar-refractivity contribution in [3.05, 3.63) is 35.4 Å². The summed E-state index contributed by atoms with van der Waals surface area (Å²) < 4.78 is 26.7. The Bertz CT molecular complexity index is 513. The van der Waals surface area contributed by atoms with Crippen LogP contribution in [-0.4, -0.2) is 29.9 Å². The Hall–Kier alpha value is -1.20. The smallest absolute Gasteiger partial charge is 0.223 e. The molecule has 2 rings (SSSR count). The maximum absolute atomic E-state index is 13.5. The predicted octanol–water partition coefficient (Wildman–Crippen LogP) is 2.91. The van der Waals surface area contributed by atoms with Crippen molar-refractivity contribution in [2.45, 2.75) is 38.6 Å². The minimum Gasteiger partial charge on any atom is -0.338 e. The molecule has 3 nitrogen and oxygen atoms in total. The van der Waals surface area contributed by atoms with Gasteiger partial charge >= 0.3 is 0 Å². The molecule has 0 saturated carbocycles. The van der Waals surface area contributed by atoms with Crippen LogP contribution in [0.5, 0.6) is 0 Å². The van der Waals surface area contributed by atoms with Crippen molar-refractivity contribution in [3.63, 3.8) is 0 Å². The van der Waals surface area contributed by atoms with Gasteiger partial charge in [-0.05, 0) is 48.9 Å². The maximum Gasteiger partial charge on any atom is 0.223 e. The molecule has 124 valence electrons. The number of nitrogens with zero attached hydrogens (tertiary/aromatic N) is 1. The van der Waals surface area contributed by atoms with Crippen LogP contribution in [0.25, 0.3) is 0 Å². The number of hydrogen-bond donors (Lipinski definition) is 1. The number of benzene rings is 1. The molecule has 1 amide bonds. The molecular weight excluding hydrogens is 310 g/mol. The lowest BCUT2D eigenvalue weighted by molar-refractivity contribution is -0.135. The summed E-state index contributed by atoms with van der Waals surface area (Å²) in [6.07, 6.45) is 2.28. The molecule has 1 aromatic carbocycles. The van der Waals surface area contributed by atoms with Crippen molar-refractivity contribution in [1.29, 1.82) is 0 Å². The second-order valence-electron chi connectivity index (χ2n) is 5.84. The zero-order chi connectivity index (χ0) is 15.4. The van der Waals surface area contributed by atoms with Crippen molar-refractivity contribution < 1.29 is 13.6 Å². The molecule has 1 fully saturated rings. The summed E-state index contributed by atoms with van der Waals surface area (Å²) in [5.41, 5.74) is 5.99. The molecule has 1 aliphatic rings. The number of nitrogens with two attached hydrogens (primary N) is 1. The first-order valence-electron chi connectivity index (χ1n) is 7.44. The van der Waals surface area contributed by atoms with E-state index in [9.17, 15) is 13.6 Å². The van der Waals surface area contributed by atoms with E-state index < -0.39 is 11.6 Å². The zero-order valence-corrected chi connectivity index (χ0v) is 13.5. The van der Waals surface area contributed by atoms with Crippen molar-refractivity contribution in [3.8, 4) is 0 Å². The molecule has 0 spiro atoms. The first-order chi connectivity index (χ1) is 10.0. The minimum absolute atomic E-state index is 0. The van der Waals surface area contributed by atoms with Gasteiger partial charge in [0.2, 0.25) is 5.91 Å². The molecule has 0 bridgehead atoms. The highest BCUT2D eigenvalue weighted by Crippen LogP contribution is 2.23. The van der Waals surface area contributed by atoms with Crippen LogP contribution >= 0.6 is 12.4 Å². The molecule has 0 aromatic heterocycles. The van der Waals surface area contributed by atoms with Crippen molar-refractivity contribution in [1.82, 2.24) is 4.90 Å². The van der Waals surface area contributed by atoms with Gasteiger partial charge in [-0.2, -0.15) is 0 Å². The fraction of sp³-hybridized carbons (Fsp3) is 0.562. The van der Waals surface area contributed by atoms with E-state index in [0.717, 1.165) is 31.0 Å². The van der Waals surface area contributed by atoms with Crippen LogP contribution in [-0.2, 0) is 11.2 Å². The van der Waals surface area contributed by atoms with Gasteiger partial charge in [0.05, 0.1) is 0 Å². The summed E-state index contributed by atoms with van der Waals surface area (Å²) in [6, 6.07) is 3.40. The summed E-state index contributed by atoms with van der Waals surface area (Å²) in [6.45, 7) is 3.31. The summed E-state index contributed by atoms with van der Waals surface area (Å²) in [4.78, 5) is 14.1. The highest BCUT2D eigenvalue weighted by molar-refractivity contribution is 5.85. The number of aryl methyl sites for hydroxylation is 1. The van der Waals surface area contributed by atoms with Gasteiger partial charge in [-0.3, -0.25) is 4.79 Å². The number of halogens is 3. The van der Waals surface area contributed by atoms with E-state index in [0.29, 0.717) is 19.0 Å². The zero-order valence-electron chi connectivity index (χ0n) is 12.7. The van der Waals surface area contributed by atoms with Gasteiger partial charge in [0.1, 0.15) is 11.6 Å². The molecule has 1 aliphatic heterocycles. The van der Waals surface area contributed by atoms with Crippen LogP contribution in [0.1, 0.15) is 31.7 Å². The monoisotopic (exact) mass is 332 g/mol. The van der Waals surface area contributed by atoms with Crippen molar-refractivity contribution >= 4 is 18.3 Å². The first-order valence-corrected chi connectivity index (χ1v) is 7.44. The molecule has 2 atom stereocenters. The quantitative estimate of drug-likeness (QED) is 0.921. The third-order valence-electron chi connectivity index (χ3n) is 4.19. The van der Waals surface area contributed by atoms with E-state index in [1.54, 1.807) is 4.90 Å². The predicted molar refractivity (Wildman–Crippen MR) is 84.9 cm³/mol. The normalized spacial score (nSPS) is 21.4. The molecule has 0 radical (unpaired) electrons. The van der Waals surface area contributed by atoms with Crippen LogP contribution < -0.4 is 5.73 Å². The van der Waals surface area contributed by atoms with Gasteiger partial charge in [-0.25, -0.2) is 8.78 Å². The minimum atomic E-state index is -0.481. The van der Waals surface area contributed by atoms with E-state index in [4.69, 9.17) is 5.73 Å². The molecule has 1 saturated heterocycles. The summed E-state index contributed by atoms with van der Waals surface area (Å²) in [5.74, 6) is -0.401. The number of piperidine rings is 1.